The van der Waals surface area contributed by atoms with Gasteiger partial charge in [0.1, 0.15) is 0 Å². The van der Waals surface area contributed by atoms with Crippen LogP contribution in [0.1, 0.15) is 51.4 Å². The van der Waals surface area contributed by atoms with Crippen molar-refractivity contribution in [1.29, 1.82) is 0 Å². The molecule has 1 aliphatic rings. The van der Waals surface area contributed by atoms with Crippen LogP contribution in [0.4, 0.5) is 0 Å². The summed E-state index contributed by atoms with van der Waals surface area (Å²) in [5.41, 5.74) is 5.07. The number of aliphatic hydroxyl groups excluding tert-OH is 1. The fraction of sp³-hybridized carbons (Fsp3) is 0.917. The van der Waals surface area contributed by atoms with Gasteiger partial charge in [0.15, 0.2) is 0 Å². The van der Waals surface area contributed by atoms with Crippen LogP contribution < -0.4 is 11.1 Å². The first kappa shape index (κ1) is 13.5. The summed E-state index contributed by atoms with van der Waals surface area (Å²) in [4.78, 5) is 11.7. The van der Waals surface area contributed by atoms with E-state index in [4.69, 9.17) is 5.73 Å². The van der Waals surface area contributed by atoms with Gasteiger partial charge in [0, 0.05) is 6.42 Å². The lowest BCUT2D eigenvalue weighted by Gasteiger charge is -2.28. The second kappa shape index (κ2) is 6.86. The number of hydrogen-bond donors (Lipinski definition) is 3. The fourth-order valence-corrected chi connectivity index (χ4v) is 2.34. The van der Waals surface area contributed by atoms with E-state index in [2.05, 4.69) is 5.32 Å². The second-order valence-corrected chi connectivity index (χ2v) is 4.79. The van der Waals surface area contributed by atoms with Gasteiger partial charge in [-0.2, -0.15) is 0 Å². The number of unbranched alkanes of at least 4 members (excludes halogenated alkanes) is 2. The highest BCUT2D eigenvalue weighted by atomic mass is 16.3. The number of nitrogens with one attached hydrogen (secondary N) is 1. The van der Waals surface area contributed by atoms with Gasteiger partial charge in [-0.25, -0.2) is 0 Å². The molecule has 0 spiro atoms. The van der Waals surface area contributed by atoms with Gasteiger partial charge in [-0.1, -0.05) is 19.3 Å². The van der Waals surface area contributed by atoms with E-state index in [-0.39, 0.29) is 18.1 Å². The lowest BCUT2D eigenvalue weighted by molar-refractivity contribution is -0.123. The van der Waals surface area contributed by atoms with Crippen molar-refractivity contribution < 1.29 is 9.90 Å². The predicted molar refractivity (Wildman–Crippen MR) is 63.9 cm³/mol. The van der Waals surface area contributed by atoms with Crippen molar-refractivity contribution in [3.8, 4) is 0 Å². The van der Waals surface area contributed by atoms with Gasteiger partial charge in [0.05, 0.1) is 12.1 Å². The highest BCUT2D eigenvalue weighted by Gasteiger charge is 2.34. The van der Waals surface area contributed by atoms with Gasteiger partial charge >= 0.3 is 0 Å². The van der Waals surface area contributed by atoms with Crippen LogP contribution in [0, 0.1) is 0 Å². The predicted octanol–water partition coefficient (Wildman–Crippen LogP) is 0.927. The van der Waals surface area contributed by atoms with Crippen molar-refractivity contribution in [3.63, 3.8) is 0 Å². The number of carbonyl (C=O) groups is 1. The van der Waals surface area contributed by atoms with E-state index in [9.17, 15) is 9.90 Å². The van der Waals surface area contributed by atoms with Crippen molar-refractivity contribution in [3.05, 3.63) is 0 Å². The zero-order valence-electron chi connectivity index (χ0n) is 10.0. The molecule has 4 nitrogen and oxygen atoms in total. The first-order valence-electron chi connectivity index (χ1n) is 6.34. The van der Waals surface area contributed by atoms with Gasteiger partial charge in [-0.05, 0) is 32.2 Å². The lowest BCUT2D eigenvalue weighted by Crippen LogP contribution is -2.49. The Labute approximate surface area is 97.6 Å². The van der Waals surface area contributed by atoms with Gasteiger partial charge in [-0.15, -0.1) is 0 Å². The van der Waals surface area contributed by atoms with Crippen LogP contribution in [0.2, 0.25) is 0 Å². The van der Waals surface area contributed by atoms with Crippen LogP contribution in [0.25, 0.3) is 0 Å². The van der Waals surface area contributed by atoms with E-state index in [0.29, 0.717) is 13.0 Å². The van der Waals surface area contributed by atoms with Crippen molar-refractivity contribution in [1.82, 2.24) is 5.32 Å². The molecule has 0 aromatic rings. The number of amides is 1. The SMILES string of the molecule is NCCCCCC(=O)NC1(CO)CCCC1. The Hall–Kier alpha value is -0.610. The Bertz CT molecular complexity index is 213. The molecule has 0 aliphatic heterocycles. The minimum atomic E-state index is -0.315. The fourth-order valence-electron chi connectivity index (χ4n) is 2.34. The molecule has 1 fully saturated rings. The maximum atomic E-state index is 11.7. The minimum Gasteiger partial charge on any atom is -0.394 e. The number of rotatable bonds is 7. The zero-order valence-corrected chi connectivity index (χ0v) is 10.0. The molecule has 1 amide bonds. The molecule has 0 aromatic carbocycles. The summed E-state index contributed by atoms with van der Waals surface area (Å²) in [7, 11) is 0. The van der Waals surface area contributed by atoms with E-state index in [1.807, 2.05) is 0 Å². The summed E-state index contributed by atoms with van der Waals surface area (Å²) >= 11 is 0. The molecule has 1 saturated carbocycles. The Kier molecular flexibility index (Phi) is 5.77. The normalized spacial score (nSPS) is 18.6. The zero-order chi connectivity index (χ0) is 11.9. The molecule has 4 N–H and O–H groups in total. The quantitative estimate of drug-likeness (QED) is 0.567. The summed E-state index contributed by atoms with van der Waals surface area (Å²) in [6.45, 7) is 0.768. The van der Waals surface area contributed by atoms with Crippen molar-refractivity contribution in [2.75, 3.05) is 13.2 Å². The lowest BCUT2D eigenvalue weighted by atomic mass is 9.98. The molecular weight excluding hydrogens is 204 g/mol. The average molecular weight is 228 g/mol. The molecule has 0 bridgehead atoms. The van der Waals surface area contributed by atoms with E-state index in [0.717, 1.165) is 44.9 Å². The summed E-state index contributed by atoms with van der Waals surface area (Å²) < 4.78 is 0. The third-order valence-electron chi connectivity index (χ3n) is 3.38. The number of hydrogen-bond acceptors (Lipinski definition) is 3. The maximum absolute atomic E-state index is 11.7. The van der Waals surface area contributed by atoms with Crippen LogP contribution in [0.5, 0.6) is 0 Å². The van der Waals surface area contributed by atoms with Crippen LogP contribution >= 0.6 is 0 Å². The van der Waals surface area contributed by atoms with Crippen LogP contribution in [0.15, 0.2) is 0 Å². The van der Waals surface area contributed by atoms with Crippen molar-refractivity contribution >= 4 is 5.91 Å². The van der Waals surface area contributed by atoms with E-state index in [1.165, 1.54) is 0 Å². The van der Waals surface area contributed by atoms with E-state index in [1.54, 1.807) is 0 Å². The molecule has 1 rings (SSSR count). The Morgan fingerprint density at radius 3 is 2.50 bits per heavy atom. The van der Waals surface area contributed by atoms with Gasteiger partial charge in [0.2, 0.25) is 5.91 Å². The monoisotopic (exact) mass is 228 g/mol. The van der Waals surface area contributed by atoms with Crippen LogP contribution in [-0.4, -0.2) is 29.7 Å². The first-order chi connectivity index (χ1) is 7.72. The highest BCUT2D eigenvalue weighted by Crippen LogP contribution is 2.29. The Morgan fingerprint density at radius 1 is 1.25 bits per heavy atom. The van der Waals surface area contributed by atoms with Gasteiger partial charge in [0.25, 0.3) is 0 Å². The molecule has 0 radical (unpaired) electrons. The number of aliphatic hydroxyl groups is 1. The molecule has 0 heterocycles. The van der Waals surface area contributed by atoms with E-state index >= 15 is 0 Å². The highest BCUT2D eigenvalue weighted by molar-refractivity contribution is 5.76. The van der Waals surface area contributed by atoms with Crippen molar-refractivity contribution in [2.24, 2.45) is 5.73 Å². The molecule has 0 unspecified atom stereocenters. The third kappa shape index (κ3) is 4.10. The van der Waals surface area contributed by atoms with Gasteiger partial charge in [-0.3, -0.25) is 4.79 Å². The largest absolute Gasteiger partial charge is 0.394 e. The summed E-state index contributed by atoms with van der Waals surface area (Å²) in [6.07, 6.45) is 7.48. The molecular formula is C12H24N2O2. The summed E-state index contributed by atoms with van der Waals surface area (Å²) in [5.74, 6) is 0.0768. The second-order valence-electron chi connectivity index (χ2n) is 4.79. The standard InChI is InChI=1S/C12H24N2O2/c13-9-5-1-2-6-11(16)14-12(10-15)7-3-4-8-12/h15H,1-10,13H2,(H,14,16). The molecule has 0 saturated heterocycles. The first-order valence-corrected chi connectivity index (χ1v) is 6.34. The topological polar surface area (TPSA) is 75.4 Å². The summed E-state index contributed by atoms with van der Waals surface area (Å²) in [5, 5.41) is 12.3. The van der Waals surface area contributed by atoms with Crippen molar-refractivity contribution in [2.45, 2.75) is 56.9 Å². The Morgan fingerprint density at radius 2 is 1.94 bits per heavy atom. The molecule has 94 valence electrons. The molecule has 1 aliphatic carbocycles. The maximum Gasteiger partial charge on any atom is 0.220 e. The molecule has 16 heavy (non-hydrogen) atoms. The third-order valence-corrected chi connectivity index (χ3v) is 3.38. The summed E-state index contributed by atoms with van der Waals surface area (Å²) in [6, 6.07) is 0. The number of nitrogens with two attached hydrogens (primary N) is 1. The molecule has 0 aromatic heterocycles. The Balaban J connectivity index is 2.21. The average Bonchev–Trinajstić information content (AvgIpc) is 2.74. The van der Waals surface area contributed by atoms with E-state index < -0.39 is 0 Å². The minimum absolute atomic E-state index is 0.0710. The number of carbonyl (C=O) groups excluding carboxylic acids is 1. The molecule has 0 atom stereocenters. The van der Waals surface area contributed by atoms with Crippen LogP contribution in [-0.2, 0) is 4.79 Å². The van der Waals surface area contributed by atoms with Gasteiger partial charge < -0.3 is 16.2 Å². The molecule has 4 heteroatoms. The van der Waals surface area contributed by atoms with Crippen LogP contribution in [0.3, 0.4) is 0 Å². The smallest absolute Gasteiger partial charge is 0.220 e.